The molecule has 1 nitrogen and oxygen atoms in total. The van der Waals surface area contributed by atoms with E-state index in [0.717, 1.165) is 23.7 Å². The van der Waals surface area contributed by atoms with Gasteiger partial charge in [-0.05, 0) is 62.2 Å². The summed E-state index contributed by atoms with van der Waals surface area (Å²) >= 11 is 0. The van der Waals surface area contributed by atoms with Crippen LogP contribution < -0.4 is 5.73 Å². The van der Waals surface area contributed by atoms with E-state index in [1.165, 1.54) is 57.8 Å². The van der Waals surface area contributed by atoms with E-state index >= 15 is 0 Å². The molecule has 2 unspecified atom stereocenters. The molecule has 0 saturated heterocycles. The molecule has 18 heavy (non-hydrogen) atoms. The van der Waals surface area contributed by atoms with Gasteiger partial charge in [0.05, 0.1) is 0 Å². The molecular formula is C17H33N. The first-order valence-electron chi connectivity index (χ1n) is 8.34. The largest absolute Gasteiger partial charge is 0.325 e. The second-order valence-electron chi connectivity index (χ2n) is 7.45. The lowest BCUT2D eigenvalue weighted by atomic mass is 9.63. The Morgan fingerprint density at radius 1 is 1.11 bits per heavy atom. The first-order chi connectivity index (χ1) is 8.55. The van der Waals surface area contributed by atoms with Crippen LogP contribution in [0.25, 0.3) is 0 Å². The van der Waals surface area contributed by atoms with Gasteiger partial charge in [0.25, 0.3) is 0 Å². The zero-order valence-electron chi connectivity index (χ0n) is 12.8. The third kappa shape index (κ3) is 3.10. The Balaban J connectivity index is 1.92. The lowest BCUT2D eigenvalue weighted by molar-refractivity contribution is 0.0956. The van der Waals surface area contributed by atoms with E-state index in [0.29, 0.717) is 0 Å². The van der Waals surface area contributed by atoms with Crippen molar-refractivity contribution < 1.29 is 0 Å². The van der Waals surface area contributed by atoms with Crippen LogP contribution in [0, 0.1) is 23.7 Å². The van der Waals surface area contributed by atoms with Gasteiger partial charge in [-0.15, -0.1) is 0 Å². The second kappa shape index (κ2) is 5.94. The highest BCUT2D eigenvalue weighted by Gasteiger charge is 2.40. The maximum absolute atomic E-state index is 6.81. The molecule has 0 amide bonds. The normalized spacial score (nSPS) is 42.2. The highest BCUT2D eigenvalue weighted by Crippen LogP contribution is 2.44. The zero-order valence-corrected chi connectivity index (χ0v) is 12.8. The minimum atomic E-state index is 0.194. The molecule has 0 heterocycles. The van der Waals surface area contributed by atoms with Crippen LogP contribution in [0.15, 0.2) is 0 Å². The Labute approximate surface area is 114 Å². The number of rotatable bonds is 3. The van der Waals surface area contributed by atoms with Gasteiger partial charge in [0.1, 0.15) is 0 Å². The smallest absolute Gasteiger partial charge is 0.0183 e. The van der Waals surface area contributed by atoms with E-state index in [-0.39, 0.29) is 5.54 Å². The number of hydrogen-bond donors (Lipinski definition) is 1. The molecule has 0 aliphatic heterocycles. The van der Waals surface area contributed by atoms with Crippen LogP contribution >= 0.6 is 0 Å². The quantitative estimate of drug-likeness (QED) is 0.770. The van der Waals surface area contributed by atoms with Gasteiger partial charge in [0.2, 0.25) is 0 Å². The molecule has 0 bridgehead atoms. The predicted octanol–water partition coefficient (Wildman–Crippen LogP) is 4.75. The maximum Gasteiger partial charge on any atom is 0.0183 e. The molecular weight excluding hydrogens is 218 g/mol. The second-order valence-corrected chi connectivity index (χ2v) is 7.45. The Morgan fingerprint density at radius 2 is 1.78 bits per heavy atom. The number of nitrogens with two attached hydrogens (primary N) is 1. The molecule has 2 atom stereocenters. The highest BCUT2D eigenvalue weighted by molar-refractivity contribution is 4.97. The van der Waals surface area contributed by atoms with Gasteiger partial charge in [-0.1, -0.05) is 40.0 Å². The molecule has 0 radical (unpaired) electrons. The SMILES string of the molecule is CCC1CCCC(C2(N)CCC(C(C)C)CC2)C1. The molecule has 0 spiro atoms. The molecule has 2 saturated carbocycles. The molecule has 1 heteroatoms. The van der Waals surface area contributed by atoms with Gasteiger partial charge in [-0.25, -0.2) is 0 Å². The van der Waals surface area contributed by atoms with Crippen LogP contribution in [-0.4, -0.2) is 5.54 Å². The van der Waals surface area contributed by atoms with Gasteiger partial charge in [-0.2, -0.15) is 0 Å². The zero-order chi connectivity index (χ0) is 13.2. The summed E-state index contributed by atoms with van der Waals surface area (Å²) in [5, 5.41) is 0. The average Bonchev–Trinajstić information content (AvgIpc) is 2.39. The minimum absolute atomic E-state index is 0.194. The summed E-state index contributed by atoms with van der Waals surface area (Å²) in [4.78, 5) is 0. The van der Waals surface area contributed by atoms with Crippen LogP contribution in [0.3, 0.4) is 0 Å². The summed E-state index contributed by atoms with van der Waals surface area (Å²) in [7, 11) is 0. The Morgan fingerprint density at radius 3 is 2.33 bits per heavy atom. The lowest BCUT2D eigenvalue weighted by Gasteiger charge is -2.46. The van der Waals surface area contributed by atoms with Gasteiger partial charge < -0.3 is 5.73 Å². The Hall–Kier alpha value is -0.0400. The van der Waals surface area contributed by atoms with E-state index in [1.807, 2.05) is 0 Å². The van der Waals surface area contributed by atoms with Crippen molar-refractivity contribution in [3.05, 3.63) is 0 Å². The van der Waals surface area contributed by atoms with Crippen LogP contribution in [-0.2, 0) is 0 Å². The molecule has 2 aliphatic rings. The predicted molar refractivity (Wildman–Crippen MR) is 79.5 cm³/mol. The topological polar surface area (TPSA) is 26.0 Å². The van der Waals surface area contributed by atoms with Crippen molar-refractivity contribution in [1.82, 2.24) is 0 Å². The van der Waals surface area contributed by atoms with Crippen molar-refractivity contribution in [2.75, 3.05) is 0 Å². The molecule has 2 fully saturated rings. The van der Waals surface area contributed by atoms with Crippen molar-refractivity contribution >= 4 is 0 Å². The van der Waals surface area contributed by atoms with Crippen molar-refractivity contribution in [2.24, 2.45) is 29.4 Å². The Bertz CT molecular complexity index is 250. The fourth-order valence-electron chi connectivity index (χ4n) is 4.44. The van der Waals surface area contributed by atoms with Gasteiger partial charge >= 0.3 is 0 Å². The molecule has 0 aromatic heterocycles. The standard InChI is InChI=1S/C17H33N/c1-4-14-6-5-7-16(12-14)17(18)10-8-15(9-11-17)13(2)3/h13-16H,4-12,18H2,1-3H3. The third-order valence-corrected chi connectivity index (χ3v) is 6.08. The van der Waals surface area contributed by atoms with Crippen LogP contribution in [0.4, 0.5) is 0 Å². The minimum Gasteiger partial charge on any atom is -0.325 e. The molecule has 0 aromatic carbocycles. The van der Waals surface area contributed by atoms with E-state index in [1.54, 1.807) is 0 Å². The lowest BCUT2D eigenvalue weighted by Crippen LogP contribution is -2.51. The van der Waals surface area contributed by atoms with E-state index in [9.17, 15) is 0 Å². The first-order valence-corrected chi connectivity index (χ1v) is 8.34. The third-order valence-electron chi connectivity index (χ3n) is 6.08. The summed E-state index contributed by atoms with van der Waals surface area (Å²) in [6.45, 7) is 7.11. The van der Waals surface area contributed by atoms with Crippen LogP contribution in [0.5, 0.6) is 0 Å². The summed E-state index contributed by atoms with van der Waals surface area (Å²) < 4.78 is 0. The fraction of sp³-hybridized carbons (Fsp3) is 1.00. The van der Waals surface area contributed by atoms with Crippen LogP contribution in [0.1, 0.15) is 78.6 Å². The van der Waals surface area contributed by atoms with Crippen molar-refractivity contribution in [3.63, 3.8) is 0 Å². The van der Waals surface area contributed by atoms with Crippen molar-refractivity contribution in [3.8, 4) is 0 Å². The van der Waals surface area contributed by atoms with Gasteiger partial charge in [0, 0.05) is 5.54 Å². The van der Waals surface area contributed by atoms with E-state index < -0.39 is 0 Å². The monoisotopic (exact) mass is 251 g/mol. The molecule has 106 valence electrons. The van der Waals surface area contributed by atoms with Crippen LogP contribution in [0.2, 0.25) is 0 Å². The van der Waals surface area contributed by atoms with E-state index in [4.69, 9.17) is 5.73 Å². The van der Waals surface area contributed by atoms with Crippen molar-refractivity contribution in [2.45, 2.75) is 84.1 Å². The van der Waals surface area contributed by atoms with Gasteiger partial charge in [0.15, 0.2) is 0 Å². The summed E-state index contributed by atoms with van der Waals surface area (Å²) in [5.41, 5.74) is 7.01. The van der Waals surface area contributed by atoms with Gasteiger partial charge in [-0.3, -0.25) is 0 Å². The average molecular weight is 251 g/mol. The summed E-state index contributed by atoms with van der Waals surface area (Å²) in [6.07, 6.45) is 12.4. The molecule has 2 rings (SSSR count). The van der Waals surface area contributed by atoms with E-state index in [2.05, 4.69) is 20.8 Å². The fourth-order valence-corrected chi connectivity index (χ4v) is 4.44. The summed E-state index contributed by atoms with van der Waals surface area (Å²) in [5.74, 6) is 3.58. The molecule has 0 aromatic rings. The van der Waals surface area contributed by atoms with Crippen molar-refractivity contribution in [1.29, 1.82) is 0 Å². The first kappa shape index (κ1) is 14.4. The molecule has 2 aliphatic carbocycles. The number of hydrogen-bond acceptors (Lipinski definition) is 1. The molecule has 2 N–H and O–H groups in total. The Kier molecular flexibility index (Phi) is 4.75. The summed E-state index contributed by atoms with van der Waals surface area (Å²) in [6, 6.07) is 0. The highest BCUT2D eigenvalue weighted by atomic mass is 14.8. The maximum atomic E-state index is 6.81.